The summed E-state index contributed by atoms with van der Waals surface area (Å²) >= 11 is 0. The molecule has 0 atom stereocenters. The van der Waals surface area contributed by atoms with Crippen LogP contribution in [0.3, 0.4) is 0 Å². The van der Waals surface area contributed by atoms with Crippen LogP contribution in [0.4, 0.5) is 5.69 Å². The first-order chi connectivity index (χ1) is 9.02. The Morgan fingerprint density at radius 2 is 2.16 bits per heavy atom. The summed E-state index contributed by atoms with van der Waals surface area (Å²) in [6.45, 7) is 0.0182. The number of fused-ring (bicyclic) bond motifs is 1. The summed E-state index contributed by atoms with van der Waals surface area (Å²) < 4.78 is 0. The van der Waals surface area contributed by atoms with E-state index in [0.29, 0.717) is 11.3 Å². The van der Waals surface area contributed by atoms with Crippen LogP contribution in [0.1, 0.15) is 10.4 Å². The number of carbonyl (C=O) groups excluding carboxylic acids is 2. The van der Waals surface area contributed by atoms with E-state index in [2.05, 4.69) is 10.3 Å². The fourth-order valence-electron chi connectivity index (χ4n) is 1.89. The fourth-order valence-corrected chi connectivity index (χ4v) is 1.89. The second-order valence-electron chi connectivity index (χ2n) is 4.34. The molecule has 100 valence electrons. The molecule has 0 saturated heterocycles. The molecule has 2 rings (SSSR count). The quantitative estimate of drug-likeness (QED) is 0.704. The average Bonchev–Trinajstić information content (AvgIpc) is 2.80. The van der Waals surface area contributed by atoms with Crippen molar-refractivity contribution in [3.63, 3.8) is 0 Å². The Hall–Kier alpha value is -2.50. The third-order valence-corrected chi connectivity index (χ3v) is 2.94. The Bertz CT molecular complexity index is 633. The molecule has 2 amide bonds. The number of hydrogen-bond donors (Lipinski definition) is 3. The maximum atomic E-state index is 12.3. The number of benzene rings is 1. The molecule has 1 aromatic carbocycles. The number of H-pyrrole nitrogens is 1. The zero-order valence-corrected chi connectivity index (χ0v) is 10.9. The lowest BCUT2D eigenvalue weighted by Gasteiger charge is -2.15. The molecule has 0 aliphatic heterocycles. The number of nitrogens with one attached hydrogen (secondary N) is 2. The van der Waals surface area contributed by atoms with Crippen molar-refractivity contribution >= 4 is 28.4 Å². The molecular formula is C13H16N4O2. The number of nitrogens with zero attached hydrogens (tertiary/aromatic N) is 1. The van der Waals surface area contributed by atoms with Crippen molar-refractivity contribution in [2.24, 2.45) is 0 Å². The summed E-state index contributed by atoms with van der Waals surface area (Å²) in [6.07, 6.45) is 1.63. The first kappa shape index (κ1) is 12.9. The average molecular weight is 260 g/mol. The number of nitrogen functional groups attached to an aromatic ring is 1. The Morgan fingerprint density at radius 3 is 2.84 bits per heavy atom. The number of amides is 2. The van der Waals surface area contributed by atoms with E-state index in [1.807, 2.05) is 6.07 Å². The monoisotopic (exact) mass is 260 g/mol. The third kappa shape index (κ3) is 2.52. The predicted molar refractivity (Wildman–Crippen MR) is 73.7 cm³/mol. The number of aromatic amines is 1. The minimum absolute atomic E-state index is 0.0182. The van der Waals surface area contributed by atoms with Crippen molar-refractivity contribution in [3.05, 3.63) is 30.0 Å². The maximum Gasteiger partial charge on any atom is 0.256 e. The number of likely N-dealkylation sites (N-methyl/N-ethyl adjacent to an activating group) is 2. The van der Waals surface area contributed by atoms with Gasteiger partial charge in [0.05, 0.1) is 12.1 Å². The van der Waals surface area contributed by atoms with Crippen molar-refractivity contribution in [1.29, 1.82) is 0 Å². The van der Waals surface area contributed by atoms with E-state index in [0.717, 1.165) is 10.9 Å². The number of carbonyl (C=O) groups is 2. The molecule has 0 aliphatic carbocycles. The van der Waals surface area contributed by atoms with Gasteiger partial charge in [0, 0.05) is 36.9 Å². The molecule has 2 aromatic rings. The van der Waals surface area contributed by atoms with Gasteiger partial charge in [0.2, 0.25) is 5.91 Å². The van der Waals surface area contributed by atoms with E-state index in [-0.39, 0.29) is 18.4 Å². The van der Waals surface area contributed by atoms with Crippen LogP contribution < -0.4 is 11.1 Å². The van der Waals surface area contributed by atoms with Gasteiger partial charge in [-0.1, -0.05) is 0 Å². The van der Waals surface area contributed by atoms with Crippen LogP contribution >= 0.6 is 0 Å². The van der Waals surface area contributed by atoms with Crippen molar-refractivity contribution in [3.8, 4) is 0 Å². The number of rotatable bonds is 3. The van der Waals surface area contributed by atoms with Gasteiger partial charge in [-0.15, -0.1) is 0 Å². The molecule has 0 unspecified atom stereocenters. The first-order valence-electron chi connectivity index (χ1n) is 5.85. The normalized spacial score (nSPS) is 10.4. The fraction of sp³-hybridized carbons (Fsp3) is 0.231. The highest BCUT2D eigenvalue weighted by Crippen LogP contribution is 2.21. The van der Waals surface area contributed by atoms with Gasteiger partial charge >= 0.3 is 0 Å². The van der Waals surface area contributed by atoms with Crippen LogP contribution in [0.2, 0.25) is 0 Å². The number of aromatic nitrogens is 1. The second-order valence-corrected chi connectivity index (χ2v) is 4.34. The molecule has 19 heavy (non-hydrogen) atoms. The molecule has 0 bridgehead atoms. The first-order valence-corrected chi connectivity index (χ1v) is 5.85. The molecule has 0 spiro atoms. The zero-order chi connectivity index (χ0) is 14.0. The molecule has 0 radical (unpaired) electrons. The van der Waals surface area contributed by atoms with E-state index in [4.69, 9.17) is 5.73 Å². The van der Waals surface area contributed by atoms with Gasteiger partial charge in [0.15, 0.2) is 0 Å². The maximum absolute atomic E-state index is 12.3. The largest absolute Gasteiger partial charge is 0.399 e. The van der Waals surface area contributed by atoms with E-state index in [9.17, 15) is 9.59 Å². The topological polar surface area (TPSA) is 91.2 Å². The van der Waals surface area contributed by atoms with Crippen molar-refractivity contribution < 1.29 is 9.59 Å². The molecule has 0 aliphatic rings. The van der Waals surface area contributed by atoms with E-state index < -0.39 is 0 Å². The van der Waals surface area contributed by atoms with E-state index in [1.165, 1.54) is 11.9 Å². The summed E-state index contributed by atoms with van der Waals surface area (Å²) in [5, 5.41) is 3.24. The van der Waals surface area contributed by atoms with Gasteiger partial charge in [-0.2, -0.15) is 0 Å². The van der Waals surface area contributed by atoms with Crippen LogP contribution in [-0.2, 0) is 4.79 Å². The summed E-state index contributed by atoms with van der Waals surface area (Å²) in [4.78, 5) is 27.9. The number of hydrogen-bond acceptors (Lipinski definition) is 3. The van der Waals surface area contributed by atoms with Crippen LogP contribution in [0, 0.1) is 0 Å². The van der Waals surface area contributed by atoms with Gasteiger partial charge in [-0.3, -0.25) is 9.59 Å². The molecule has 1 aromatic heterocycles. The van der Waals surface area contributed by atoms with Gasteiger partial charge in [0.1, 0.15) is 0 Å². The minimum Gasteiger partial charge on any atom is -0.399 e. The standard InChI is InChI=1S/C13H16N4O2/c1-15-12(18)7-17(2)13(19)10-6-16-11-4-3-8(14)5-9(10)11/h3-6,16H,7,14H2,1-2H3,(H,15,18). The predicted octanol–water partition coefficient (Wildman–Crippen LogP) is 0.568. The summed E-state index contributed by atoms with van der Waals surface area (Å²) in [6, 6.07) is 5.33. The molecule has 1 heterocycles. The highest BCUT2D eigenvalue weighted by atomic mass is 16.2. The molecule has 6 heteroatoms. The van der Waals surface area contributed by atoms with Crippen molar-refractivity contribution in [2.45, 2.75) is 0 Å². The van der Waals surface area contributed by atoms with Crippen molar-refractivity contribution in [1.82, 2.24) is 15.2 Å². The summed E-state index contributed by atoms with van der Waals surface area (Å²) in [5.41, 5.74) is 7.67. The zero-order valence-electron chi connectivity index (χ0n) is 10.9. The highest BCUT2D eigenvalue weighted by Gasteiger charge is 2.18. The second kappa shape index (κ2) is 5.01. The van der Waals surface area contributed by atoms with E-state index in [1.54, 1.807) is 25.4 Å². The molecule has 6 nitrogen and oxygen atoms in total. The number of anilines is 1. The molecule has 0 fully saturated rings. The van der Waals surface area contributed by atoms with Crippen LogP contribution in [0.5, 0.6) is 0 Å². The molecule has 4 N–H and O–H groups in total. The Morgan fingerprint density at radius 1 is 1.42 bits per heavy atom. The van der Waals surface area contributed by atoms with E-state index >= 15 is 0 Å². The Balaban J connectivity index is 2.31. The van der Waals surface area contributed by atoms with Gasteiger partial charge in [-0.05, 0) is 18.2 Å². The molecular weight excluding hydrogens is 244 g/mol. The smallest absolute Gasteiger partial charge is 0.256 e. The van der Waals surface area contributed by atoms with Gasteiger partial charge < -0.3 is 20.9 Å². The lowest BCUT2D eigenvalue weighted by molar-refractivity contribution is -0.121. The Labute approximate surface area is 110 Å². The lowest BCUT2D eigenvalue weighted by atomic mass is 10.1. The van der Waals surface area contributed by atoms with Crippen molar-refractivity contribution in [2.75, 3.05) is 26.4 Å². The summed E-state index contributed by atoms with van der Waals surface area (Å²) in [5.74, 6) is -0.435. The SMILES string of the molecule is CNC(=O)CN(C)C(=O)c1c[nH]c2ccc(N)cc12. The Kier molecular flexibility index (Phi) is 3.41. The van der Waals surface area contributed by atoms with Crippen LogP contribution in [-0.4, -0.2) is 42.3 Å². The lowest BCUT2D eigenvalue weighted by Crippen LogP contribution is -2.36. The van der Waals surface area contributed by atoms with Gasteiger partial charge in [-0.25, -0.2) is 0 Å². The number of nitrogens with two attached hydrogens (primary N) is 1. The third-order valence-electron chi connectivity index (χ3n) is 2.94. The minimum atomic E-state index is -0.222. The highest BCUT2D eigenvalue weighted by molar-refractivity contribution is 6.08. The van der Waals surface area contributed by atoms with Crippen LogP contribution in [0.15, 0.2) is 24.4 Å². The molecule has 0 saturated carbocycles. The van der Waals surface area contributed by atoms with Crippen LogP contribution in [0.25, 0.3) is 10.9 Å². The van der Waals surface area contributed by atoms with Gasteiger partial charge in [0.25, 0.3) is 5.91 Å². The summed E-state index contributed by atoms with van der Waals surface area (Å²) in [7, 11) is 3.12.